The lowest BCUT2D eigenvalue weighted by molar-refractivity contribution is 0.560. The minimum atomic E-state index is -3.85. The number of nitrogens with one attached hydrogen (secondary N) is 1. The van der Waals surface area contributed by atoms with Gasteiger partial charge in [0, 0.05) is 12.7 Å². The second-order valence-electron chi connectivity index (χ2n) is 4.36. The molecule has 2 unspecified atom stereocenters. The molecule has 1 aliphatic rings. The third-order valence-electron chi connectivity index (χ3n) is 2.84. The van der Waals surface area contributed by atoms with Crippen LogP contribution in [0, 0.1) is 0 Å². The first-order valence-corrected chi connectivity index (χ1v) is 9.36. The SMILES string of the molecule is CCn1cnc(S(=O)(=O)NC2CS(=O)(=O)CC2Cl)c1. The van der Waals surface area contributed by atoms with Crippen molar-refractivity contribution in [2.24, 2.45) is 0 Å². The van der Waals surface area contributed by atoms with Gasteiger partial charge in [0.05, 0.1) is 29.3 Å². The number of sulfonamides is 1. The number of hydrogen-bond donors (Lipinski definition) is 1. The molecule has 1 aromatic heterocycles. The number of imidazole rings is 1. The van der Waals surface area contributed by atoms with Crippen LogP contribution in [-0.4, -0.2) is 49.3 Å². The Morgan fingerprint density at radius 3 is 2.68 bits per heavy atom. The summed E-state index contributed by atoms with van der Waals surface area (Å²) >= 11 is 5.86. The van der Waals surface area contributed by atoms with Crippen molar-refractivity contribution < 1.29 is 16.8 Å². The molecule has 0 aromatic carbocycles. The van der Waals surface area contributed by atoms with E-state index in [-0.39, 0.29) is 16.5 Å². The number of halogens is 1. The zero-order valence-corrected chi connectivity index (χ0v) is 12.5. The minimum absolute atomic E-state index is 0.137. The summed E-state index contributed by atoms with van der Waals surface area (Å²) in [6, 6.07) is -0.816. The molecule has 1 N–H and O–H groups in total. The lowest BCUT2D eigenvalue weighted by Gasteiger charge is -2.13. The first-order chi connectivity index (χ1) is 8.73. The Morgan fingerprint density at radius 1 is 1.53 bits per heavy atom. The number of aromatic nitrogens is 2. The highest BCUT2D eigenvalue weighted by Gasteiger charge is 2.39. The summed E-state index contributed by atoms with van der Waals surface area (Å²) in [5.74, 6) is -0.500. The molecule has 7 nitrogen and oxygen atoms in total. The van der Waals surface area contributed by atoms with Gasteiger partial charge >= 0.3 is 0 Å². The summed E-state index contributed by atoms with van der Waals surface area (Å²) in [4.78, 5) is 3.78. The molecule has 0 amide bonds. The topological polar surface area (TPSA) is 98.1 Å². The first-order valence-electron chi connectivity index (χ1n) is 5.62. The van der Waals surface area contributed by atoms with Crippen LogP contribution in [0.2, 0.25) is 0 Å². The quantitative estimate of drug-likeness (QED) is 0.758. The van der Waals surface area contributed by atoms with Crippen molar-refractivity contribution in [1.82, 2.24) is 14.3 Å². The van der Waals surface area contributed by atoms with Crippen LogP contribution >= 0.6 is 11.6 Å². The van der Waals surface area contributed by atoms with Crippen molar-refractivity contribution in [3.8, 4) is 0 Å². The smallest absolute Gasteiger partial charge is 0.259 e. The number of rotatable bonds is 4. The van der Waals surface area contributed by atoms with Gasteiger partial charge < -0.3 is 4.57 Å². The normalized spacial score (nSPS) is 26.6. The van der Waals surface area contributed by atoms with Gasteiger partial charge in [-0.2, -0.15) is 0 Å². The second-order valence-corrected chi connectivity index (χ2v) is 8.74. The van der Waals surface area contributed by atoms with Gasteiger partial charge in [-0.3, -0.25) is 0 Å². The van der Waals surface area contributed by atoms with E-state index in [0.29, 0.717) is 6.54 Å². The van der Waals surface area contributed by atoms with Gasteiger partial charge in [0.15, 0.2) is 14.9 Å². The third-order valence-corrected chi connectivity index (χ3v) is 6.59. The fourth-order valence-corrected chi connectivity index (χ4v) is 5.78. The van der Waals surface area contributed by atoms with Crippen molar-refractivity contribution in [2.45, 2.75) is 29.9 Å². The monoisotopic (exact) mass is 327 g/mol. The van der Waals surface area contributed by atoms with Crippen LogP contribution in [0.1, 0.15) is 6.92 Å². The molecule has 10 heteroatoms. The number of alkyl halides is 1. The first kappa shape index (κ1) is 14.8. The van der Waals surface area contributed by atoms with Gasteiger partial charge in [-0.15, -0.1) is 11.6 Å². The van der Waals surface area contributed by atoms with E-state index in [1.807, 2.05) is 6.92 Å². The molecular formula is C9H14ClN3O4S2. The average Bonchev–Trinajstić information content (AvgIpc) is 2.83. The number of hydrogen-bond acceptors (Lipinski definition) is 5. The van der Waals surface area contributed by atoms with Gasteiger partial charge in [-0.05, 0) is 6.92 Å². The van der Waals surface area contributed by atoms with Gasteiger partial charge in [0.1, 0.15) is 0 Å². The van der Waals surface area contributed by atoms with Crippen molar-refractivity contribution >= 4 is 31.5 Å². The van der Waals surface area contributed by atoms with Crippen molar-refractivity contribution in [1.29, 1.82) is 0 Å². The molecule has 1 aromatic rings. The van der Waals surface area contributed by atoms with Gasteiger partial charge in [0.2, 0.25) is 0 Å². The molecule has 2 atom stereocenters. The largest absolute Gasteiger partial charge is 0.336 e. The molecule has 0 spiro atoms. The Labute approximate surface area is 116 Å². The molecule has 0 bridgehead atoms. The van der Waals surface area contributed by atoms with Crippen molar-refractivity contribution in [3.05, 3.63) is 12.5 Å². The van der Waals surface area contributed by atoms with Crippen LogP contribution in [0.5, 0.6) is 0 Å². The molecule has 1 fully saturated rings. The standard InChI is InChI=1S/C9H14ClN3O4S2/c1-2-13-3-9(11-6-13)19(16,17)12-8-5-18(14,15)4-7(8)10/h3,6-8,12H,2,4-5H2,1H3. The van der Waals surface area contributed by atoms with Gasteiger partial charge in [0.25, 0.3) is 10.0 Å². The van der Waals surface area contributed by atoms with E-state index in [2.05, 4.69) is 9.71 Å². The summed E-state index contributed by atoms with van der Waals surface area (Å²) in [5, 5.41) is -0.893. The molecule has 108 valence electrons. The highest BCUT2D eigenvalue weighted by atomic mass is 35.5. The van der Waals surface area contributed by atoms with Crippen LogP contribution in [0.4, 0.5) is 0 Å². The van der Waals surface area contributed by atoms with Gasteiger partial charge in [-0.25, -0.2) is 26.5 Å². The summed E-state index contributed by atoms with van der Waals surface area (Å²) < 4.78 is 50.7. The highest BCUT2D eigenvalue weighted by Crippen LogP contribution is 2.20. The maximum atomic E-state index is 12.0. The molecule has 0 aliphatic carbocycles. The Morgan fingerprint density at radius 2 is 2.21 bits per heavy atom. The number of sulfone groups is 1. The van der Waals surface area contributed by atoms with Crippen LogP contribution in [0.25, 0.3) is 0 Å². The van der Waals surface area contributed by atoms with E-state index in [0.717, 1.165) is 0 Å². The van der Waals surface area contributed by atoms with Crippen LogP contribution in [0.3, 0.4) is 0 Å². The van der Waals surface area contributed by atoms with E-state index < -0.39 is 31.3 Å². The van der Waals surface area contributed by atoms with Crippen molar-refractivity contribution in [2.75, 3.05) is 11.5 Å². The number of nitrogens with zero attached hydrogens (tertiary/aromatic N) is 2. The minimum Gasteiger partial charge on any atom is -0.336 e. The Kier molecular flexibility index (Phi) is 3.92. The zero-order valence-electron chi connectivity index (χ0n) is 10.2. The predicted octanol–water partition coefficient (Wildman–Crippen LogP) is -0.414. The number of aryl methyl sites for hydroxylation is 1. The Bertz CT molecular complexity index is 667. The maximum Gasteiger partial charge on any atom is 0.259 e. The maximum absolute atomic E-state index is 12.0. The molecule has 2 rings (SSSR count). The van der Waals surface area contributed by atoms with E-state index in [1.165, 1.54) is 12.5 Å². The zero-order chi connectivity index (χ0) is 14.3. The molecule has 1 saturated heterocycles. The average molecular weight is 328 g/mol. The molecule has 0 radical (unpaired) electrons. The second kappa shape index (κ2) is 5.04. The highest BCUT2D eigenvalue weighted by molar-refractivity contribution is 7.92. The summed E-state index contributed by atoms with van der Waals surface area (Å²) in [5.41, 5.74) is 0. The lowest BCUT2D eigenvalue weighted by Crippen LogP contribution is -2.40. The van der Waals surface area contributed by atoms with Crippen LogP contribution in [0.15, 0.2) is 17.6 Å². The fourth-order valence-electron chi connectivity index (χ4n) is 1.82. The summed E-state index contributed by atoms with van der Waals surface area (Å²) in [6.07, 6.45) is 2.78. The van der Waals surface area contributed by atoms with E-state index in [9.17, 15) is 16.8 Å². The molecule has 0 saturated carbocycles. The van der Waals surface area contributed by atoms with Crippen LogP contribution in [-0.2, 0) is 26.4 Å². The predicted molar refractivity (Wildman–Crippen MR) is 70.3 cm³/mol. The third kappa shape index (κ3) is 3.28. The molecule has 1 aliphatic heterocycles. The fraction of sp³-hybridized carbons (Fsp3) is 0.667. The van der Waals surface area contributed by atoms with E-state index in [1.54, 1.807) is 4.57 Å². The van der Waals surface area contributed by atoms with E-state index >= 15 is 0 Å². The lowest BCUT2D eigenvalue weighted by atomic mass is 10.3. The van der Waals surface area contributed by atoms with Crippen molar-refractivity contribution in [3.63, 3.8) is 0 Å². The van der Waals surface area contributed by atoms with Crippen LogP contribution < -0.4 is 4.72 Å². The summed E-state index contributed by atoms with van der Waals surface area (Å²) in [7, 11) is -7.13. The molecule has 2 heterocycles. The van der Waals surface area contributed by atoms with E-state index in [4.69, 9.17) is 11.6 Å². The summed E-state index contributed by atoms with van der Waals surface area (Å²) in [6.45, 7) is 2.45. The Hall–Kier alpha value is -0.640. The molecule has 19 heavy (non-hydrogen) atoms. The van der Waals surface area contributed by atoms with Gasteiger partial charge in [-0.1, -0.05) is 0 Å². The Balaban J connectivity index is 2.18. The molecular weight excluding hydrogens is 314 g/mol.